The fraction of sp³-hybridized carbons (Fsp3) is 0.375. The van der Waals surface area contributed by atoms with Crippen LogP contribution in [0.2, 0.25) is 0 Å². The molecular formula is C16H21N3O3. The van der Waals surface area contributed by atoms with Crippen LogP contribution in [0.25, 0.3) is 0 Å². The molecule has 2 rings (SSSR count). The standard InChI is InChI=1S/C16H21N3O3/c1-5-12(16(20)18-15-9-11(3)22-19-15)17-13-8-10(2)6-7-14(13)21-4/h6-9,12,17H,5H2,1-4H3,(H,18,19,20). The summed E-state index contributed by atoms with van der Waals surface area (Å²) in [5.74, 6) is 1.60. The second kappa shape index (κ2) is 6.98. The lowest BCUT2D eigenvalue weighted by atomic mass is 10.1. The van der Waals surface area contributed by atoms with E-state index in [4.69, 9.17) is 9.26 Å². The number of nitrogens with one attached hydrogen (secondary N) is 2. The van der Waals surface area contributed by atoms with Crippen LogP contribution in [0.15, 0.2) is 28.8 Å². The molecule has 0 aliphatic rings. The van der Waals surface area contributed by atoms with Gasteiger partial charge in [0.15, 0.2) is 5.82 Å². The number of carbonyl (C=O) groups is 1. The summed E-state index contributed by atoms with van der Waals surface area (Å²) in [6, 6.07) is 7.08. The van der Waals surface area contributed by atoms with Gasteiger partial charge in [0, 0.05) is 6.07 Å². The first-order valence-corrected chi connectivity index (χ1v) is 7.18. The number of carbonyl (C=O) groups excluding carboxylic acids is 1. The molecule has 2 N–H and O–H groups in total. The van der Waals surface area contributed by atoms with Crippen molar-refractivity contribution in [1.29, 1.82) is 0 Å². The molecule has 22 heavy (non-hydrogen) atoms. The molecule has 6 heteroatoms. The molecule has 1 atom stereocenters. The highest BCUT2D eigenvalue weighted by Gasteiger charge is 2.19. The number of benzene rings is 1. The van der Waals surface area contributed by atoms with Crippen molar-refractivity contribution in [2.75, 3.05) is 17.7 Å². The van der Waals surface area contributed by atoms with Gasteiger partial charge in [0.2, 0.25) is 5.91 Å². The molecule has 1 unspecified atom stereocenters. The van der Waals surface area contributed by atoms with Gasteiger partial charge in [-0.25, -0.2) is 0 Å². The second-order valence-electron chi connectivity index (χ2n) is 5.12. The maximum atomic E-state index is 12.3. The topological polar surface area (TPSA) is 76.4 Å². The number of hydrogen-bond acceptors (Lipinski definition) is 5. The predicted molar refractivity (Wildman–Crippen MR) is 85.3 cm³/mol. The molecule has 0 radical (unpaired) electrons. The molecular weight excluding hydrogens is 282 g/mol. The largest absolute Gasteiger partial charge is 0.495 e. The van der Waals surface area contributed by atoms with Gasteiger partial charge in [0.1, 0.15) is 17.6 Å². The molecule has 0 spiro atoms. The van der Waals surface area contributed by atoms with Crippen LogP contribution in [0.4, 0.5) is 11.5 Å². The Balaban J connectivity index is 2.11. The summed E-state index contributed by atoms with van der Waals surface area (Å²) in [5.41, 5.74) is 1.88. The number of nitrogens with zero attached hydrogens (tertiary/aromatic N) is 1. The summed E-state index contributed by atoms with van der Waals surface area (Å²) in [6.07, 6.45) is 0.625. The summed E-state index contributed by atoms with van der Waals surface area (Å²) in [5, 5.41) is 9.73. The number of aromatic nitrogens is 1. The third-order valence-corrected chi connectivity index (χ3v) is 3.29. The average Bonchev–Trinajstić information content (AvgIpc) is 2.90. The van der Waals surface area contributed by atoms with Crippen LogP contribution >= 0.6 is 0 Å². The number of amides is 1. The van der Waals surface area contributed by atoms with Crippen molar-refractivity contribution >= 4 is 17.4 Å². The lowest BCUT2D eigenvalue weighted by Gasteiger charge is -2.19. The fourth-order valence-electron chi connectivity index (χ4n) is 2.11. The lowest BCUT2D eigenvalue weighted by molar-refractivity contribution is -0.117. The molecule has 0 bridgehead atoms. The van der Waals surface area contributed by atoms with Gasteiger partial charge in [-0.05, 0) is 38.0 Å². The van der Waals surface area contributed by atoms with E-state index in [9.17, 15) is 4.79 Å². The number of rotatable bonds is 6. The first-order chi connectivity index (χ1) is 10.5. The molecule has 6 nitrogen and oxygen atoms in total. The van der Waals surface area contributed by atoms with Crippen molar-refractivity contribution in [2.24, 2.45) is 0 Å². The maximum absolute atomic E-state index is 12.3. The number of ether oxygens (including phenoxy) is 1. The Morgan fingerprint density at radius 2 is 2.14 bits per heavy atom. The highest BCUT2D eigenvalue weighted by Crippen LogP contribution is 2.26. The van der Waals surface area contributed by atoms with Gasteiger partial charge in [0.05, 0.1) is 12.8 Å². The first-order valence-electron chi connectivity index (χ1n) is 7.18. The Morgan fingerprint density at radius 1 is 1.36 bits per heavy atom. The van der Waals surface area contributed by atoms with Crippen LogP contribution < -0.4 is 15.4 Å². The Morgan fingerprint density at radius 3 is 2.73 bits per heavy atom. The average molecular weight is 303 g/mol. The maximum Gasteiger partial charge on any atom is 0.248 e. The van der Waals surface area contributed by atoms with Gasteiger partial charge in [-0.15, -0.1) is 0 Å². The van der Waals surface area contributed by atoms with Crippen molar-refractivity contribution in [3.63, 3.8) is 0 Å². The summed E-state index contributed by atoms with van der Waals surface area (Å²) in [7, 11) is 1.61. The van der Waals surface area contributed by atoms with Crippen molar-refractivity contribution in [1.82, 2.24) is 5.16 Å². The monoisotopic (exact) mass is 303 g/mol. The number of hydrogen-bond donors (Lipinski definition) is 2. The second-order valence-corrected chi connectivity index (χ2v) is 5.12. The van der Waals surface area contributed by atoms with Crippen molar-refractivity contribution in [3.8, 4) is 5.75 Å². The van der Waals surface area contributed by atoms with Crippen LogP contribution in [-0.4, -0.2) is 24.2 Å². The van der Waals surface area contributed by atoms with Crippen LogP contribution in [0, 0.1) is 13.8 Å². The summed E-state index contributed by atoms with van der Waals surface area (Å²) < 4.78 is 10.3. The van der Waals surface area contributed by atoms with E-state index in [-0.39, 0.29) is 5.91 Å². The molecule has 1 aromatic carbocycles. The van der Waals surface area contributed by atoms with Gasteiger partial charge >= 0.3 is 0 Å². The molecule has 1 amide bonds. The van der Waals surface area contributed by atoms with Crippen LogP contribution in [0.3, 0.4) is 0 Å². The molecule has 0 fully saturated rings. The Bertz CT molecular complexity index is 652. The molecule has 0 aliphatic carbocycles. The van der Waals surface area contributed by atoms with E-state index in [2.05, 4.69) is 15.8 Å². The van der Waals surface area contributed by atoms with E-state index in [1.165, 1.54) is 0 Å². The Hall–Kier alpha value is -2.50. The molecule has 2 aromatic rings. The van der Waals surface area contributed by atoms with E-state index in [1.807, 2.05) is 32.0 Å². The van der Waals surface area contributed by atoms with Crippen molar-refractivity contribution in [3.05, 3.63) is 35.6 Å². The van der Waals surface area contributed by atoms with E-state index in [0.717, 1.165) is 11.3 Å². The van der Waals surface area contributed by atoms with E-state index in [0.29, 0.717) is 23.7 Å². The summed E-state index contributed by atoms with van der Waals surface area (Å²) >= 11 is 0. The van der Waals surface area contributed by atoms with Gasteiger partial charge < -0.3 is 19.9 Å². The van der Waals surface area contributed by atoms with Gasteiger partial charge in [-0.1, -0.05) is 18.1 Å². The molecule has 118 valence electrons. The zero-order valence-corrected chi connectivity index (χ0v) is 13.3. The van der Waals surface area contributed by atoms with E-state index < -0.39 is 6.04 Å². The van der Waals surface area contributed by atoms with Crippen LogP contribution in [0.1, 0.15) is 24.7 Å². The smallest absolute Gasteiger partial charge is 0.248 e. The normalized spacial score (nSPS) is 11.8. The zero-order chi connectivity index (χ0) is 16.1. The van der Waals surface area contributed by atoms with Gasteiger partial charge in [0.25, 0.3) is 0 Å². The highest BCUT2D eigenvalue weighted by molar-refractivity contribution is 5.96. The molecule has 1 heterocycles. The summed E-state index contributed by atoms with van der Waals surface area (Å²) in [6.45, 7) is 5.70. The molecule has 0 saturated carbocycles. The fourth-order valence-corrected chi connectivity index (χ4v) is 2.11. The zero-order valence-electron chi connectivity index (χ0n) is 13.3. The Labute approximate surface area is 129 Å². The molecule has 1 aromatic heterocycles. The molecule has 0 aliphatic heterocycles. The first kappa shape index (κ1) is 15.9. The quantitative estimate of drug-likeness (QED) is 0.857. The van der Waals surface area contributed by atoms with Gasteiger partial charge in [-0.3, -0.25) is 4.79 Å². The van der Waals surface area contributed by atoms with Crippen LogP contribution in [-0.2, 0) is 4.79 Å². The minimum absolute atomic E-state index is 0.167. The lowest BCUT2D eigenvalue weighted by Crippen LogP contribution is -2.34. The Kier molecular flexibility index (Phi) is 5.04. The SMILES string of the molecule is CCC(Nc1cc(C)ccc1OC)C(=O)Nc1cc(C)on1. The van der Waals surface area contributed by atoms with Gasteiger partial charge in [-0.2, -0.15) is 0 Å². The molecule has 0 saturated heterocycles. The number of anilines is 2. The highest BCUT2D eigenvalue weighted by atomic mass is 16.5. The predicted octanol–water partition coefficient (Wildman–Crippen LogP) is 3.13. The van der Waals surface area contributed by atoms with Crippen molar-refractivity contribution < 1.29 is 14.1 Å². The van der Waals surface area contributed by atoms with E-state index in [1.54, 1.807) is 20.1 Å². The third kappa shape index (κ3) is 3.78. The minimum atomic E-state index is -0.396. The minimum Gasteiger partial charge on any atom is -0.495 e. The summed E-state index contributed by atoms with van der Waals surface area (Å²) in [4.78, 5) is 12.3. The number of methoxy groups -OCH3 is 1. The van der Waals surface area contributed by atoms with Crippen LogP contribution in [0.5, 0.6) is 5.75 Å². The third-order valence-electron chi connectivity index (χ3n) is 3.29. The number of aryl methyl sites for hydroxylation is 2. The van der Waals surface area contributed by atoms with Crippen molar-refractivity contribution in [2.45, 2.75) is 33.2 Å². The van der Waals surface area contributed by atoms with E-state index >= 15 is 0 Å².